The van der Waals surface area contributed by atoms with Gasteiger partial charge in [-0.15, -0.1) is 0 Å². The zero-order valence-corrected chi connectivity index (χ0v) is 35.5. The van der Waals surface area contributed by atoms with E-state index in [1.807, 2.05) is 0 Å². The highest BCUT2D eigenvalue weighted by molar-refractivity contribution is 6.99. The Morgan fingerprint density at radius 1 is 0.464 bits per heavy atom. The maximum atomic E-state index is 7.38. The summed E-state index contributed by atoms with van der Waals surface area (Å²) in [5.74, 6) is 0. The third kappa shape index (κ3) is 5.48. The largest absolute Gasteiger partial charge is 0.468 e. The minimum atomic E-state index is -0.263. The predicted octanol–water partition coefficient (Wildman–Crippen LogP) is 12.8. The molecule has 0 bridgehead atoms. The number of anilines is 6. The van der Waals surface area contributed by atoms with Crippen LogP contribution in [-0.4, -0.2) is 6.71 Å². The lowest BCUT2D eigenvalue weighted by atomic mass is 9.37. The SMILES string of the molecule is Cc1cc2c3c(c1)N(c1ccc(C(C)(C)C)cc1)c1c(oc4c(C(C)(C)C)cccc14)B3c1oc3c(C(C)(C)C)cccc3c1N2c1ccc(C(C)(C)C)cc1. The summed E-state index contributed by atoms with van der Waals surface area (Å²) in [6, 6.07) is 36.4. The molecule has 0 radical (unpaired) electrons. The van der Waals surface area contributed by atoms with E-state index in [9.17, 15) is 0 Å². The molecule has 284 valence electrons. The van der Waals surface area contributed by atoms with E-state index < -0.39 is 0 Å². The van der Waals surface area contributed by atoms with Crippen LogP contribution >= 0.6 is 0 Å². The van der Waals surface area contributed by atoms with Crippen molar-refractivity contribution < 1.29 is 8.83 Å². The van der Waals surface area contributed by atoms with Crippen LogP contribution in [0.15, 0.2) is 106 Å². The Morgan fingerprint density at radius 3 is 1.18 bits per heavy atom. The Labute approximate surface area is 333 Å². The average Bonchev–Trinajstić information content (AvgIpc) is 3.69. The van der Waals surface area contributed by atoms with Crippen molar-refractivity contribution in [1.29, 1.82) is 0 Å². The van der Waals surface area contributed by atoms with Crippen molar-refractivity contribution in [3.63, 3.8) is 0 Å². The highest BCUT2D eigenvalue weighted by Gasteiger charge is 2.50. The van der Waals surface area contributed by atoms with Crippen LogP contribution in [0.2, 0.25) is 0 Å². The van der Waals surface area contributed by atoms with Crippen LogP contribution in [0.3, 0.4) is 0 Å². The molecule has 56 heavy (non-hydrogen) atoms. The van der Waals surface area contributed by atoms with Crippen molar-refractivity contribution in [3.05, 3.63) is 125 Å². The van der Waals surface area contributed by atoms with Gasteiger partial charge in [-0.25, -0.2) is 0 Å². The van der Waals surface area contributed by atoms with Gasteiger partial charge >= 0.3 is 6.71 Å². The summed E-state index contributed by atoms with van der Waals surface area (Å²) in [7, 11) is 0. The topological polar surface area (TPSA) is 32.8 Å². The molecule has 0 N–H and O–H groups in total. The molecule has 0 fully saturated rings. The molecule has 0 atom stereocenters. The minimum absolute atomic E-state index is 0.0375. The Hall–Kier alpha value is -5.16. The molecule has 5 aromatic carbocycles. The van der Waals surface area contributed by atoms with E-state index >= 15 is 0 Å². The van der Waals surface area contributed by atoms with Crippen molar-refractivity contribution in [3.8, 4) is 0 Å². The third-order valence-electron chi connectivity index (χ3n) is 12.1. The van der Waals surface area contributed by atoms with E-state index in [1.54, 1.807) is 0 Å². The summed E-state index contributed by atoms with van der Waals surface area (Å²) in [4.78, 5) is 4.94. The van der Waals surface area contributed by atoms with Crippen molar-refractivity contribution in [1.82, 2.24) is 0 Å². The van der Waals surface area contributed by atoms with Gasteiger partial charge in [0, 0.05) is 44.6 Å². The van der Waals surface area contributed by atoms with Gasteiger partial charge in [0.2, 0.25) is 0 Å². The Morgan fingerprint density at radius 2 is 0.839 bits per heavy atom. The van der Waals surface area contributed by atoms with Crippen LogP contribution in [0.25, 0.3) is 21.9 Å². The zero-order chi connectivity index (χ0) is 39.9. The van der Waals surface area contributed by atoms with Gasteiger partial charge < -0.3 is 18.6 Å². The molecule has 2 aromatic heterocycles. The van der Waals surface area contributed by atoms with Gasteiger partial charge in [-0.05, 0) is 99.3 Å². The highest BCUT2D eigenvalue weighted by Crippen LogP contribution is 2.50. The molecule has 4 heterocycles. The van der Waals surface area contributed by atoms with Gasteiger partial charge in [0.25, 0.3) is 0 Å². The molecule has 5 heteroatoms. The van der Waals surface area contributed by atoms with Crippen molar-refractivity contribution >= 4 is 79.6 Å². The molecule has 0 unspecified atom stereocenters. The number of fused-ring (bicyclic) bond motifs is 8. The molecule has 4 nitrogen and oxygen atoms in total. The quantitative estimate of drug-likeness (QED) is 0.165. The smallest absolute Gasteiger partial charge is 0.342 e. The van der Waals surface area contributed by atoms with E-state index in [2.05, 4.69) is 197 Å². The summed E-state index contributed by atoms with van der Waals surface area (Å²) in [5.41, 5.74) is 17.7. The summed E-state index contributed by atoms with van der Waals surface area (Å²) in [6.45, 7) is 29.3. The van der Waals surface area contributed by atoms with E-state index in [4.69, 9.17) is 8.83 Å². The molecule has 2 aliphatic heterocycles. The van der Waals surface area contributed by atoms with Gasteiger partial charge in [0.05, 0.1) is 11.4 Å². The molecule has 2 aliphatic rings. The molecule has 0 amide bonds. The average molecular weight is 739 g/mol. The van der Waals surface area contributed by atoms with Crippen LogP contribution in [0.4, 0.5) is 34.1 Å². The van der Waals surface area contributed by atoms with E-state index in [0.29, 0.717) is 0 Å². The Balaban J connectivity index is 1.42. The second-order valence-corrected chi connectivity index (χ2v) is 20.4. The lowest BCUT2D eigenvalue weighted by Gasteiger charge is -2.41. The lowest BCUT2D eigenvalue weighted by molar-refractivity contribution is 0.566. The predicted molar refractivity (Wildman–Crippen MR) is 240 cm³/mol. The van der Waals surface area contributed by atoms with Crippen molar-refractivity contribution in [2.24, 2.45) is 0 Å². The van der Waals surface area contributed by atoms with Gasteiger partial charge in [0.15, 0.2) is 0 Å². The molecule has 0 saturated heterocycles. The van der Waals surface area contributed by atoms with Crippen molar-refractivity contribution in [2.45, 2.75) is 112 Å². The maximum Gasteiger partial charge on any atom is 0.342 e. The van der Waals surface area contributed by atoms with Gasteiger partial charge in [-0.3, -0.25) is 0 Å². The second-order valence-electron chi connectivity index (χ2n) is 20.4. The molecule has 0 saturated carbocycles. The first-order chi connectivity index (χ1) is 26.2. The fourth-order valence-corrected chi connectivity index (χ4v) is 9.09. The molecular formula is C51H55BN2O2. The first-order valence-corrected chi connectivity index (χ1v) is 20.3. The van der Waals surface area contributed by atoms with E-state index in [-0.39, 0.29) is 28.4 Å². The number of hydrogen-bond acceptors (Lipinski definition) is 4. The lowest BCUT2D eigenvalue weighted by Crippen LogP contribution is -2.60. The van der Waals surface area contributed by atoms with Gasteiger partial charge in [-0.2, -0.15) is 0 Å². The molecule has 0 aliphatic carbocycles. The van der Waals surface area contributed by atoms with Crippen LogP contribution in [-0.2, 0) is 21.7 Å². The highest BCUT2D eigenvalue weighted by atomic mass is 16.3. The maximum absolute atomic E-state index is 7.38. The summed E-state index contributed by atoms with van der Waals surface area (Å²) < 4.78 is 14.8. The molecular weight excluding hydrogens is 683 g/mol. The monoisotopic (exact) mass is 738 g/mol. The van der Waals surface area contributed by atoms with Gasteiger partial charge in [0.1, 0.15) is 22.5 Å². The van der Waals surface area contributed by atoms with Crippen LogP contribution in [0.5, 0.6) is 0 Å². The molecule has 7 aromatic rings. The third-order valence-corrected chi connectivity index (χ3v) is 12.1. The number of rotatable bonds is 2. The fourth-order valence-electron chi connectivity index (χ4n) is 9.09. The number of hydrogen-bond donors (Lipinski definition) is 0. The van der Waals surface area contributed by atoms with Gasteiger partial charge in [-0.1, -0.05) is 132 Å². The Bertz CT molecular complexity index is 2500. The summed E-state index contributed by atoms with van der Waals surface area (Å²) in [5, 5.41) is 2.24. The second kappa shape index (κ2) is 11.9. The van der Waals surface area contributed by atoms with Crippen molar-refractivity contribution in [2.75, 3.05) is 9.80 Å². The van der Waals surface area contributed by atoms with Crippen LogP contribution in [0.1, 0.15) is 111 Å². The number of para-hydroxylation sites is 2. The molecule has 0 spiro atoms. The first-order valence-electron chi connectivity index (χ1n) is 20.3. The van der Waals surface area contributed by atoms with E-state index in [0.717, 1.165) is 67.4 Å². The summed E-state index contributed by atoms with van der Waals surface area (Å²) in [6.07, 6.45) is 0. The fraction of sp³-hybridized carbons (Fsp3) is 0.333. The van der Waals surface area contributed by atoms with Crippen LogP contribution < -0.4 is 26.6 Å². The normalized spacial score (nSPS) is 14.4. The molecule has 9 rings (SSSR count). The van der Waals surface area contributed by atoms with E-state index in [1.165, 1.54) is 33.3 Å². The number of benzene rings is 5. The first kappa shape index (κ1) is 36.5. The summed E-state index contributed by atoms with van der Waals surface area (Å²) >= 11 is 0. The number of furan rings is 2. The number of aryl methyl sites for hydroxylation is 1. The zero-order valence-electron chi connectivity index (χ0n) is 35.5. The number of nitrogens with zero attached hydrogens (tertiary/aromatic N) is 2. The Kier molecular flexibility index (Phi) is 7.77. The minimum Gasteiger partial charge on any atom is -0.468 e. The standard InChI is InChI=1S/C51H55BN2O2/c1-30-28-39-41-40(29-30)54(34-26-22-32(23-27-34)49(5,6)7)43-36-17-15-19-38(51(11,12)13)45(36)56-47(43)52(41)46-42(35-16-14-18-37(44(35)55-46)50(8,9)10)53(39)33-24-20-31(21-25-33)48(2,3)4/h14-29H,1-13H3. The van der Waals surface area contributed by atoms with Crippen LogP contribution in [0, 0.1) is 6.92 Å².